The number of aromatic nitrogens is 2. The quantitative estimate of drug-likeness (QED) is 0.159. The van der Waals surface area contributed by atoms with Crippen molar-refractivity contribution in [2.45, 2.75) is 52.4 Å². The molecule has 2 saturated heterocycles. The van der Waals surface area contributed by atoms with Gasteiger partial charge in [0, 0.05) is 37.0 Å². The average Bonchev–Trinajstić information content (AvgIpc) is 3.90. The predicted octanol–water partition coefficient (Wildman–Crippen LogP) is 9.39. The Balaban J connectivity index is 1.19. The van der Waals surface area contributed by atoms with Crippen LogP contribution in [0, 0.1) is 31.1 Å². The van der Waals surface area contributed by atoms with E-state index in [4.69, 9.17) is 21.0 Å². The van der Waals surface area contributed by atoms with Gasteiger partial charge in [-0.15, -0.1) is 0 Å². The van der Waals surface area contributed by atoms with Crippen LogP contribution in [-0.2, 0) is 24.1 Å². The molecule has 0 spiro atoms. The van der Waals surface area contributed by atoms with Crippen LogP contribution in [0.4, 0.5) is 13.2 Å². The van der Waals surface area contributed by atoms with Crippen LogP contribution in [0.5, 0.6) is 0 Å². The van der Waals surface area contributed by atoms with Gasteiger partial charge in [0.15, 0.2) is 5.58 Å². The molecular formula is C41H37ClF3N5O3. The standard InChI is InChI=1S/C41H37ClF3N5O3/c1-24-16-27(34(41(43,44)45)19-29(24)23-49-13-3-4-14-49)8-9-36-33(20-46)32(10-12-47-36)30-6-5-7-31(25(30)2)39-48-37-18-26(17-35(42)38(37)53-39)21-50-15-11-28(22-50)40(51)52/h5-10,12,16-19,28H,3-4,11,13-15,21-23H2,1-2H3,(H,51,52)/b9-8+/t28-/m1/s1. The number of hydrogen-bond donors (Lipinski definition) is 1. The number of hydrogen-bond acceptors (Lipinski definition) is 7. The van der Waals surface area contributed by atoms with E-state index in [1.165, 1.54) is 24.4 Å². The first-order chi connectivity index (χ1) is 25.4. The lowest BCUT2D eigenvalue weighted by Crippen LogP contribution is -2.22. The number of carboxylic acids is 1. The summed E-state index contributed by atoms with van der Waals surface area (Å²) in [6.45, 7) is 7.64. The number of fused-ring (bicyclic) bond motifs is 1. The topological polar surface area (TPSA) is 106 Å². The van der Waals surface area contributed by atoms with Crippen molar-refractivity contribution >= 4 is 40.8 Å². The molecule has 1 N–H and O–H groups in total. The van der Waals surface area contributed by atoms with Gasteiger partial charge in [-0.3, -0.25) is 19.6 Å². The van der Waals surface area contributed by atoms with E-state index in [0.717, 1.165) is 42.6 Å². The minimum absolute atomic E-state index is 0.0112. The minimum atomic E-state index is -4.56. The zero-order chi connectivity index (χ0) is 37.4. The summed E-state index contributed by atoms with van der Waals surface area (Å²) in [4.78, 5) is 24.8. The number of aryl methyl sites for hydroxylation is 1. The molecule has 2 aromatic heterocycles. The summed E-state index contributed by atoms with van der Waals surface area (Å²) in [5.41, 5.74) is 5.79. The zero-order valence-corrected chi connectivity index (χ0v) is 30.1. The first kappa shape index (κ1) is 36.3. The molecule has 1 atom stereocenters. The van der Waals surface area contributed by atoms with Gasteiger partial charge in [-0.2, -0.15) is 18.4 Å². The minimum Gasteiger partial charge on any atom is -0.481 e. The summed E-state index contributed by atoms with van der Waals surface area (Å²) in [5, 5.41) is 20.1. The maximum absolute atomic E-state index is 14.3. The van der Waals surface area contributed by atoms with Crippen molar-refractivity contribution in [1.82, 2.24) is 19.8 Å². The van der Waals surface area contributed by atoms with Crippen molar-refractivity contribution in [1.29, 1.82) is 5.26 Å². The highest BCUT2D eigenvalue weighted by atomic mass is 35.5. The Bertz CT molecular complexity index is 2290. The number of halogens is 4. The lowest BCUT2D eigenvalue weighted by atomic mass is 9.92. The largest absolute Gasteiger partial charge is 0.481 e. The van der Waals surface area contributed by atoms with Gasteiger partial charge in [-0.1, -0.05) is 35.9 Å². The second-order valence-corrected chi connectivity index (χ2v) is 14.3. The maximum Gasteiger partial charge on any atom is 0.416 e. The van der Waals surface area contributed by atoms with Crippen LogP contribution in [0.1, 0.15) is 63.9 Å². The average molecular weight is 740 g/mol. The number of carboxylic acid groups (broad SMARTS) is 1. The third-order valence-electron chi connectivity index (χ3n) is 10.3. The summed E-state index contributed by atoms with van der Waals surface area (Å²) >= 11 is 6.65. The highest BCUT2D eigenvalue weighted by Crippen LogP contribution is 2.38. The number of carbonyl (C=O) groups is 1. The molecule has 0 aliphatic carbocycles. The Morgan fingerprint density at radius 1 is 1.04 bits per heavy atom. The molecule has 53 heavy (non-hydrogen) atoms. The van der Waals surface area contributed by atoms with E-state index >= 15 is 0 Å². The number of nitriles is 1. The van der Waals surface area contributed by atoms with Crippen LogP contribution >= 0.6 is 11.6 Å². The molecule has 0 radical (unpaired) electrons. The molecule has 12 heteroatoms. The van der Waals surface area contributed by atoms with E-state index < -0.39 is 17.7 Å². The number of rotatable bonds is 9. The monoisotopic (exact) mass is 739 g/mol. The Labute approximate surface area is 310 Å². The van der Waals surface area contributed by atoms with Gasteiger partial charge in [-0.25, -0.2) is 4.98 Å². The number of likely N-dealkylation sites (tertiary alicyclic amines) is 2. The van der Waals surface area contributed by atoms with E-state index in [-0.39, 0.29) is 22.7 Å². The molecule has 0 saturated carbocycles. The molecule has 3 aromatic carbocycles. The second kappa shape index (κ2) is 14.8. The first-order valence-corrected chi connectivity index (χ1v) is 17.9. The molecule has 0 amide bonds. The molecule has 2 aliphatic heterocycles. The van der Waals surface area contributed by atoms with Crippen molar-refractivity contribution in [3.8, 4) is 28.7 Å². The van der Waals surface area contributed by atoms with Crippen LogP contribution < -0.4 is 0 Å². The number of oxazole rings is 1. The molecule has 8 nitrogen and oxygen atoms in total. The lowest BCUT2D eigenvalue weighted by molar-refractivity contribution is -0.141. The smallest absolute Gasteiger partial charge is 0.416 e. The summed E-state index contributed by atoms with van der Waals surface area (Å²) in [7, 11) is 0. The Hall–Kier alpha value is -5.02. The molecule has 7 rings (SSSR count). The third kappa shape index (κ3) is 7.58. The lowest BCUT2D eigenvalue weighted by Gasteiger charge is -2.19. The Morgan fingerprint density at radius 3 is 2.53 bits per heavy atom. The van der Waals surface area contributed by atoms with Crippen molar-refractivity contribution in [2.75, 3.05) is 26.2 Å². The molecule has 2 fully saturated rings. The summed E-state index contributed by atoms with van der Waals surface area (Å²) in [5.74, 6) is -0.837. The van der Waals surface area contributed by atoms with Gasteiger partial charge in [0.25, 0.3) is 0 Å². The first-order valence-electron chi connectivity index (χ1n) is 17.5. The number of pyridine rings is 1. The van der Waals surface area contributed by atoms with Crippen LogP contribution in [-0.4, -0.2) is 57.0 Å². The van der Waals surface area contributed by atoms with Crippen molar-refractivity contribution in [3.05, 3.63) is 104 Å². The molecular weight excluding hydrogens is 703 g/mol. The van der Waals surface area contributed by atoms with Crippen molar-refractivity contribution in [3.63, 3.8) is 0 Å². The summed E-state index contributed by atoms with van der Waals surface area (Å²) < 4.78 is 49.2. The Morgan fingerprint density at radius 2 is 1.81 bits per heavy atom. The van der Waals surface area contributed by atoms with E-state index in [1.54, 1.807) is 12.1 Å². The van der Waals surface area contributed by atoms with E-state index in [1.807, 2.05) is 44.2 Å². The van der Waals surface area contributed by atoms with Gasteiger partial charge in [0.1, 0.15) is 11.6 Å². The van der Waals surface area contributed by atoms with Crippen LogP contribution in [0.2, 0.25) is 5.02 Å². The molecule has 4 heterocycles. The molecule has 2 aliphatic rings. The normalized spacial score (nSPS) is 17.0. The second-order valence-electron chi connectivity index (χ2n) is 13.9. The fourth-order valence-corrected chi connectivity index (χ4v) is 7.75. The van der Waals surface area contributed by atoms with Crippen molar-refractivity contribution < 1.29 is 27.5 Å². The summed E-state index contributed by atoms with van der Waals surface area (Å²) in [6.07, 6.45) is 2.53. The van der Waals surface area contributed by atoms with Gasteiger partial charge >= 0.3 is 12.1 Å². The number of nitrogens with zero attached hydrogens (tertiary/aromatic N) is 5. The van der Waals surface area contributed by atoms with Crippen LogP contribution in [0.3, 0.4) is 0 Å². The molecule has 272 valence electrons. The van der Waals surface area contributed by atoms with Gasteiger partial charge in [0.2, 0.25) is 5.89 Å². The SMILES string of the molecule is Cc1cc(/C=C/c2nccc(-c3cccc(-c4nc5cc(CN6CC[C@@H](C(=O)O)C6)cc(Cl)c5o4)c3C)c2C#N)c(C(F)(F)F)cc1CN1CCCC1. The van der Waals surface area contributed by atoms with Gasteiger partial charge in [-0.05, 0) is 123 Å². The molecule has 0 bridgehead atoms. The van der Waals surface area contributed by atoms with Crippen LogP contribution in [0.25, 0.3) is 45.8 Å². The fourth-order valence-electron chi connectivity index (χ4n) is 7.47. The molecule has 0 unspecified atom stereocenters. The number of benzene rings is 3. The highest BCUT2D eigenvalue weighted by Gasteiger charge is 2.34. The maximum atomic E-state index is 14.3. The highest BCUT2D eigenvalue weighted by molar-refractivity contribution is 6.34. The van der Waals surface area contributed by atoms with Crippen molar-refractivity contribution in [2.24, 2.45) is 5.92 Å². The van der Waals surface area contributed by atoms with Crippen LogP contribution in [0.15, 0.2) is 59.1 Å². The van der Waals surface area contributed by atoms with Gasteiger partial charge < -0.3 is 9.52 Å². The summed E-state index contributed by atoms with van der Waals surface area (Å²) in [6, 6.07) is 16.0. The number of aliphatic carboxylic acids is 1. The number of alkyl halides is 3. The van der Waals surface area contributed by atoms with E-state index in [2.05, 4.69) is 20.9 Å². The van der Waals surface area contributed by atoms with E-state index in [0.29, 0.717) is 76.9 Å². The Kier molecular flexibility index (Phi) is 10.1. The van der Waals surface area contributed by atoms with Gasteiger partial charge in [0.05, 0.1) is 27.8 Å². The van der Waals surface area contributed by atoms with E-state index in [9.17, 15) is 28.3 Å². The predicted molar refractivity (Wildman–Crippen MR) is 198 cm³/mol. The fraction of sp³-hybridized carbons (Fsp3) is 0.317. The third-order valence-corrected chi connectivity index (χ3v) is 10.6. The molecule has 5 aromatic rings. The zero-order valence-electron chi connectivity index (χ0n) is 29.3.